The van der Waals surface area contributed by atoms with E-state index in [4.69, 9.17) is 4.74 Å². The van der Waals surface area contributed by atoms with Gasteiger partial charge in [-0.15, -0.1) is 0 Å². The molecule has 2 aromatic rings. The average Bonchev–Trinajstić information content (AvgIpc) is 2.80. The molecule has 196 valence electrons. The Hall–Kier alpha value is -3.31. The predicted octanol–water partition coefficient (Wildman–Crippen LogP) is 3.09. The summed E-state index contributed by atoms with van der Waals surface area (Å²) in [5, 5.41) is 13.5. The van der Waals surface area contributed by atoms with Crippen LogP contribution in [0.15, 0.2) is 60.7 Å². The maximum absolute atomic E-state index is 13.0. The molecule has 0 saturated heterocycles. The highest BCUT2D eigenvalue weighted by atomic mass is 32.2. The predicted molar refractivity (Wildman–Crippen MR) is 135 cm³/mol. The lowest BCUT2D eigenvalue weighted by Gasteiger charge is -2.22. The number of Topliss-reactive ketones (excluding diaryl/α,β-unsaturated/α-hetero) is 1. The van der Waals surface area contributed by atoms with E-state index >= 15 is 0 Å². The largest absolute Gasteiger partial charge is 0.445 e. The first-order chi connectivity index (χ1) is 17.0. The van der Waals surface area contributed by atoms with Crippen molar-refractivity contribution in [2.75, 3.05) is 12.3 Å². The Bertz CT molecular complexity index is 1090. The zero-order valence-corrected chi connectivity index (χ0v) is 21.3. The molecular weight excluding hydrogens is 486 g/mol. The molecule has 10 nitrogen and oxygen atoms in total. The van der Waals surface area contributed by atoms with E-state index in [1.807, 2.05) is 62.4 Å². The van der Waals surface area contributed by atoms with Crippen LogP contribution in [0.1, 0.15) is 37.8 Å². The first-order valence-corrected chi connectivity index (χ1v) is 13.3. The van der Waals surface area contributed by atoms with Crippen molar-refractivity contribution >= 4 is 21.9 Å². The fourth-order valence-electron chi connectivity index (χ4n) is 3.68. The zero-order valence-electron chi connectivity index (χ0n) is 20.5. The van der Waals surface area contributed by atoms with E-state index < -0.39 is 51.2 Å². The molecule has 11 heteroatoms. The molecule has 0 bridgehead atoms. The highest BCUT2D eigenvalue weighted by Crippen LogP contribution is 2.11. The van der Waals surface area contributed by atoms with E-state index in [0.29, 0.717) is 12.8 Å². The van der Waals surface area contributed by atoms with Crippen molar-refractivity contribution in [3.05, 3.63) is 81.9 Å². The molecule has 1 amide bonds. The zero-order chi connectivity index (χ0) is 26.6. The van der Waals surface area contributed by atoms with Crippen LogP contribution in [0, 0.1) is 16.0 Å². The second-order valence-electron chi connectivity index (χ2n) is 8.97. The first-order valence-electron chi connectivity index (χ1n) is 11.7. The number of rotatable bonds is 15. The molecule has 2 aromatic carbocycles. The molecular formula is C25H33N3O7S. The van der Waals surface area contributed by atoms with Crippen LogP contribution in [-0.4, -0.2) is 49.6 Å². The molecule has 2 atom stereocenters. The van der Waals surface area contributed by atoms with Crippen molar-refractivity contribution in [2.45, 2.75) is 51.8 Å². The summed E-state index contributed by atoms with van der Waals surface area (Å²) in [6.07, 6.45) is 0.0115. The van der Waals surface area contributed by atoms with Crippen LogP contribution in [0.25, 0.3) is 0 Å². The van der Waals surface area contributed by atoms with E-state index in [2.05, 4.69) is 10.0 Å². The Morgan fingerprint density at radius 2 is 1.58 bits per heavy atom. The summed E-state index contributed by atoms with van der Waals surface area (Å²) in [5.41, 5.74) is 1.66. The number of nitro groups is 1. The van der Waals surface area contributed by atoms with E-state index in [1.54, 1.807) is 12.1 Å². The van der Waals surface area contributed by atoms with E-state index in [1.165, 1.54) is 0 Å². The number of sulfonamides is 1. The topological polar surface area (TPSA) is 145 Å². The minimum Gasteiger partial charge on any atom is -0.445 e. The number of hydrogen-bond acceptors (Lipinski definition) is 7. The number of nitrogens with one attached hydrogen (secondary N) is 2. The summed E-state index contributed by atoms with van der Waals surface area (Å²) < 4.78 is 33.5. The monoisotopic (exact) mass is 519 g/mol. The van der Waals surface area contributed by atoms with Gasteiger partial charge in [0.25, 0.3) is 6.54 Å². The minimum absolute atomic E-state index is 0.0308. The number of hydrogen-bond donors (Lipinski definition) is 2. The Labute approximate surface area is 211 Å². The van der Waals surface area contributed by atoms with Crippen molar-refractivity contribution in [3.63, 3.8) is 0 Å². The number of amides is 1. The van der Waals surface area contributed by atoms with Crippen molar-refractivity contribution in [1.82, 2.24) is 10.0 Å². The van der Waals surface area contributed by atoms with Crippen LogP contribution in [0.5, 0.6) is 0 Å². The molecule has 0 aliphatic rings. The lowest BCUT2D eigenvalue weighted by Crippen LogP contribution is -2.49. The van der Waals surface area contributed by atoms with Gasteiger partial charge in [0.15, 0.2) is 0 Å². The summed E-state index contributed by atoms with van der Waals surface area (Å²) in [6, 6.07) is 16.1. The molecule has 36 heavy (non-hydrogen) atoms. The molecule has 0 radical (unpaired) electrons. The number of carbonyl (C=O) groups is 2. The molecule has 0 aliphatic heterocycles. The van der Waals surface area contributed by atoms with Crippen molar-refractivity contribution in [2.24, 2.45) is 5.92 Å². The molecule has 0 aromatic heterocycles. The molecule has 2 rings (SSSR count). The van der Waals surface area contributed by atoms with Gasteiger partial charge in [-0.05, 0) is 36.3 Å². The number of benzene rings is 2. The highest BCUT2D eigenvalue weighted by molar-refractivity contribution is 7.89. The van der Waals surface area contributed by atoms with Crippen LogP contribution in [0.2, 0.25) is 0 Å². The normalized spacial score (nSPS) is 13.1. The molecule has 0 saturated carbocycles. The van der Waals surface area contributed by atoms with Crippen LogP contribution in [-0.2, 0) is 32.6 Å². The summed E-state index contributed by atoms with van der Waals surface area (Å²) in [5.74, 6) is -1.26. The fourth-order valence-corrected chi connectivity index (χ4v) is 5.21. The van der Waals surface area contributed by atoms with Gasteiger partial charge >= 0.3 is 6.09 Å². The summed E-state index contributed by atoms with van der Waals surface area (Å²) >= 11 is 0. The highest BCUT2D eigenvalue weighted by Gasteiger charge is 2.30. The Kier molecular flexibility index (Phi) is 11.5. The maximum atomic E-state index is 13.0. The quantitative estimate of drug-likeness (QED) is 0.272. The van der Waals surface area contributed by atoms with Gasteiger partial charge in [-0.3, -0.25) is 14.9 Å². The Morgan fingerprint density at radius 3 is 2.14 bits per heavy atom. The first kappa shape index (κ1) is 28.9. The summed E-state index contributed by atoms with van der Waals surface area (Å²) in [7, 11) is -4.09. The third-order valence-corrected chi connectivity index (χ3v) is 6.76. The third kappa shape index (κ3) is 11.4. The van der Waals surface area contributed by atoms with Gasteiger partial charge < -0.3 is 10.1 Å². The number of aryl methyl sites for hydroxylation is 1. The van der Waals surface area contributed by atoms with Gasteiger partial charge in [0.1, 0.15) is 6.61 Å². The third-order valence-electron chi connectivity index (χ3n) is 5.27. The Morgan fingerprint density at radius 1 is 1.00 bits per heavy atom. The van der Waals surface area contributed by atoms with Gasteiger partial charge in [0, 0.05) is 11.0 Å². The lowest BCUT2D eigenvalue weighted by atomic mass is 10.0. The number of ether oxygens (including phenoxy) is 1. The van der Waals surface area contributed by atoms with Crippen molar-refractivity contribution in [3.8, 4) is 0 Å². The standard InChI is InChI=1S/C25H33N3O7S/c1-19(2)15-22(26-25(30)35-17-21-11-7-4-8-12-21)18-36(33,34)27-23(24(29)16-28(31)32)14-13-20-9-5-3-6-10-20/h3-12,19,22-23,27H,13-18H2,1-2H3,(H,26,30)/t22-,23+/m1/s1. The van der Waals surface area contributed by atoms with E-state index in [9.17, 15) is 28.1 Å². The van der Waals surface area contributed by atoms with Gasteiger partial charge in [0.2, 0.25) is 15.8 Å². The number of alkyl carbamates (subject to hydrolysis) is 1. The molecule has 0 spiro atoms. The van der Waals surface area contributed by atoms with Gasteiger partial charge in [0.05, 0.1) is 11.8 Å². The van der Waals surface area contributed by atoms with Gasteiger partial charge in [-0.2, -0.15) is 0 Å². The number of ketones is 1. The second-order valence-corrected chi connectivity index (χ2v) is 10.8. The molecule has 0 heterocycles. The molecule has 0 unspecified atom stereocenters. The minimum atomic E-state index is -4.09. The van der Waals surface area contributed by atoms with Crippen LogP contribution in [0.4, 0.5) is 4.79 Å². The van der Waals surface area contributed by atoms with Crippen molar-refractivity contribution < 1.29 is 27.7 Å². The summed E-state index contributed by atoms with van der Waals surface area (Å²) in [4.78, 5) is 34.9. The van der Waals surface area contributed by atoms with Crippen LogP contribution in [0.3, 0.4) is 0 Å². The lowest BCUT2D eigenvalue weighted by molar-refractivity contribution is -0.467. The van der Waals surface area contributed by atoms with Gasteiger partial charge in [-0.1, -0.05) is 74.5 Å². The molecule has 2 N–H and O–H groups in total. The average molecular weight is 520 g/mol. The van der Waals surface area contributed by atoms with E-state index in [-0.39, 0.29) is 18.9 Å². The number of carbonyl (C=O) groups excluding carboxylic acids is 2. The molecule has 0 fully saturated rings. The fraction of sp³-hybridized carbons (Fsp3) is 0.440. The van der Waals surface area contributed by atoms with Gasteiger partial charge in [-0.25, -0.2) is 17.9 Å². The SMILES string of the molecule is CC(C)C[C@H](CS(=O)(=O)N[C@@H](CCc1ccccc1)C(=O)C[N+](=O)[O-])NC(=O)OCc1ccccc1. The second kappa shape index (κ2) is 14.3. The molecule has 0 aliphatic carbocycles. The summed E-state index contributed by atoms with van der Waals surface area (Å²) in [6.45, 7) is 2.81. The smallest absolute Gasteiger partial charge is 0.407 e. The van der Waals surface area contributed by atoms with Crippen LogP contribution >= 0.6 is 0 Å². The van der Waals surface area contributed by atoms with Crippen molar-refractivity contribution in [1.29, 1.82) is 0 Å². The maximum Gasteiger partial charge on any atom is 0.407 e. The van der Waals surface area contributed by atoms with Crippen LogP contribution < -0.4 is 10.0 Å². The Balaban J connectivity index is 2.05. The number of nitrogens with zero attached hydrogens (tertiary/aromatic N) is 1. The van der Waals surface area contributed by atoms with E-state index in [0.717, 1.165) is 11.1 Å².